The van der Waals surface area contributed by atoms with E-state index in [9.17, 15) is 0 Å². The first kappa shape index (κ1) is 11.8. The minimum absolute atomic E-state index is 0.783. The second kappa shape index (κ2) is 4.52. The number of hydrogen-bond acceptors (Lipinski definition) is 4. The Morgan fingerprint density at radius 1 is 0.905 bits per heavy atom. The molecule has 4 aromatic heterocycles. The van der Waals surface area contributed by atoms with Crippen LogP contribution < -0.4 is 0 Å². The predicted molar refractivity (Wildman–Crippen MR) is 78.1 cm³/mol. The Hall–Kier alpha value is -3.02. The standard InChI is InChI=1S/C15H12N6/c1-11-3-2-4-15(18-11)21-13(5-8-17-21)12-7-10-20-14(19-12)6-9-16-20/h2-10H,1H3. The summed E-state index contributed by atoms with van der Waals surface area (Å²) in [7, 11) is 0. The van der Waals surface area contributed by atoms with Gasteiger partial charge >= 0.3 is 0 Å². The molecule has 0 saturated carbocycles. The number of nitrogens with zero attached hydrogens (tertiary/aromatic N) is 6. The van der Waals surface area contributed by atoms with E-state index in [2.05, 4.69) is 20.2 Å². The van der Waals surface area contributed by atoms with Crippen LogP contribution in [0.15, 0.2) is 55.0 Å². The lowest BCUT2D eigenvalue weighted by molar-refractivity contribution is 0.843. The summed E-state index contributed by atoms with van der Waals surface area (Å²) in [6, 6.07) is 11.6. The number of hydrogen-bond donors (Lipinski definition) is 0. The molecule has 6 nitrogen and oxygen atoms in total. The van der Waals surface area contributed by atoms with Crippen LogP contribution in [0.2, 0.25) is 0 Å². The zero-order valence-corrected chi connectivity index (χ0v) is 11.4. The van der Waals surface area contributed by atoms with E-state index in [0.717, 1.165) is 28.5 Å². The summed E-state index contributed by atoms with van der Waals surface area (Å²) in [6.45, 7) is 1.96. The highest BCUT2D eigenvalue weighted by Crippen LogP contribution is 2.20. The largest absolute Gasteiger partial charge is 0.234 e. The van der Waals surface area contributed by atoms with Crippen molar-refractivity contribution in [3.05, 3.63) is 60.7 Å². The number of fused-ring (bicyclic) bond motifs is 1. The van der Waals surface area contributed by atoms with Crippen molar-refractivity contribution < 1.29 is 0 Å². The molecule has 4 heterocycles. The van der Waals surface area contributed by atoms with Gasteiger partial charge in [-0.15, -0.1) is 0 Å². The highest BCUT2D eigenvalue weighted by molar-refractivity contribution is 5.59. The zero-order chi connectivity index (χ0) is 14.2. The molecule has 0 aliphatic rings. The molecule has 102 valence electrons. The molecule has 4 aromatic rings. The molecule has 0 amide bonds. The van der Waals surface area contributed by atoms with Crippen molar-refractivity contribution >= 4 is 5.65 Å². The molecule has 0 N–H and O–H groups in total. The van der Waals surface area contributed by atoms with E-state index in [1.807, 2.05) is 49.5 Å². The van der Waals surface area contributed by atoms with E-state index in [-0.39, 0.29) is 0 Å². The van der Waals surface area contributed by atoms with E-state index in [4.69, 9.17) is 0 Å². The Balaban J connectivity index is 1.88. The second-order valence-electron chi connectivity index (χ2n) is 4.71. The predicted octanol–water partition coefficient (Wildman–Crippen LogP) is 2.29. The summed E-state index contributed by atoms with van der Waals surface area (Å²) in [5, 5.41) is 8.52. The lowest BCUT2D eigenvalue weighted by atomic mass is 10.3. The lowest BCUT2D eigenvalue weighted by Crippen LogP contribution is -2.03. The van der Waals surface area contributed by atoms with Gasteiger partial charge in [0.15, 0.2) is 11.5 Å². The molecule has 0 spiro atoms. The third-order valence-electron chi connectivity index (χ3n) is 3.25. The van der Waals surface area contributed by atoms with Gasteiger partial charge in [-0.3, -0.25) is 0 Å². The molecule has 0 saturated heterocycles. The van der Waals surface area contributed by atoms with Crippen LogP contribution in [-0.2, 0) is 0 Å². The molecule has 6 heteroatoms. The average molecular weight is 276 g/mol. The summed E-state index contributed by atoms with van der Waals surface area (Å²) in [6.07, 6.45) is 5.37. The van der Waals surface area contributed by atoms with E-state index in [0.29, 0.717) is 0 Å². The van der Waals surface area contributed by atoms with Crippen molar-refractivity contribution in [3.8, 4) is 17.2 Å². The number of aromatic nitrogens is 6. The molecular weight excluding hydrogens is 264 g/mol. The van der Waals surface area contributed by atoms with Crippen molar-refractivity contribution in [1.82, 2.24) is 29.4 Å². The van der Waals surface area contributed by atoms with E-state index in [1.54, 1.807) is 21.6 Å². The second-order valence-corrected chi connectivity index (χ2v) is 4.71. The Morgan fingerprint density at radius 2 is 1.81 bits per heavy atom. The van der Waals surface area contributed by atoms with Gasteiger partial charge in [0.2, 0.25) is 0 Å². The zero-order valence-electron chi connectivity index (χ0n) is 11.4. The number of pyridine rings is 1. The van der Waals surface area contributed by atoms with Gasteiger partial charge in [-0.25, -0.2) is 19.2 Å². The molecule has 0 aromatic carbocycles. The van der Waals surface area contributed by atoms with Crippen molar-refractivity contribution in [1.29, 1.82) is 0 Å². The molecule has 0 bridgehead atoms. The first-order valence-electron chi connectivity index (χ1n) is 6.60. The van der Waals surface area contributed by atoms with E-state index < -0.39 is 0 Å². The lowest BCUT2D eigenvalue weighted by Gasteiger charge is -2.07. The number of rotatable bonds is 2. The molecule has 0 atom stereocenters. The van der Waals surface area contributed by atoms with Gasteiger partial charge in [0.1, 0.15) is 0 Å². The Morgan fingerprint density at radius 3 is 2.71 bits per heavy atom. The van der Waals surface area contributed by atoms with Crippen LogP contribution in [0.4, 0.5) is 0 Å². The first-order chi connectivity index (χ1) is 10.3. The van der Waals surface area contributed by atoms with Crippen molar-refractivity contribution in [2.45, 2.75) is 6.92 Å². The van der Waals surface area contributed by atoms with Crippen molar-refractivity contribution in [2.75, 3.05) is 0 Å². The SMILES string of the molecule is Cc1cccc(-n2nccc2-c2ccn3nccc3n2)n1. The summed E-state index contributed by atoms with van der Waals surface area (Å²) in [4.78, 5) is 9.11. The van der Waals surface area contributed by atoms with Gasteiger partial charge in [-0.1, -0.05) is 6.07 Å². The van der Waals surface area contributed by atoms with Crippen LogP contribution in [0, 0.1) is 6.92 Å². The third-order valence-corrected chi connectivity index (χ3v) is 3.25. The van der Waals surface area contributed by atoms with Crippen LogP contribution in [0.25, 0.3) is 22.9 Å². The van der Waals surface area contributed by atoms with Crippen LogP contribution in [0.3, 0.4) is 0 Å². The van der Waals surface area contributed by atoms with Gasteiger partial charge in [-0.05, 0) is 31.2 Å². The average Bonchev–Trinajstić information content (AvgIpc) is 3.15. The van der Waals surface area contributed by atoms with Gasteiger partial charge in [0.25, 0.3) is 0 Å². The molecule has 0 fully saturated rings. The Bertz CT molecular complexity index is 920. The van der Waals surface area contributed by atoms with Gasteiger partial charge in [0, 0.05) is 18.0 Å². The van der Waals surface area contributed by atoms with Crippen LogP contribution in [0.5, 0.6) is 0 Å². The van der Waals surface area contributed by atoms with Crippen LogP contribution in [-0.4, -0.2) is 29.4 Å². The van der Waals surface area contributed by atoms with E-state index in [1.165, 1.54) is 0 Å². The molecule has 0 unspecified atom stereocenters. The summed E-state index contributed by atoms with van der Waals surface area (Å²) < 4.78 is 3.53. The van der Waals surface area contributed by atoms with Gasteiger partial charge < -0.3 is 0 Å². The normalized spacial score (nSPS) is 11.1. The highest BCUT2D eigenvalue weighted by Gasteiger charge is 2.10. The van der Waals surface area contributed by atoms with E-state index >= 15 is 0 Å². The quantitative estimate of drug-likeness (QED) is 0.563. The molecule has 0 aliphatic heterocycles. The maximum absolute atomic E-state index is 4.60. The fraction of sp³-hybridized carbons (Fsp3) is 0.0667. The molecule has 21 heavy (non-hydrogen) atoms. The maximum Gasteiger partial charge on any atom is 0.155 e. The Kier molecular flexibility index (Phi) is 2.53. The van der Waals surface area contributed by atoms with Crippen molar-refractivity contribution in [3.63, 3.8) is 0 Å². The monoisotopic (exact) mass is 276 g/mol. The first-order valence-corrected chi connectivity index (χ1v) is 6.60. The van der Waals surface area contributed by atoms with Crippen LogP contribution >= 0.6 is 0 Å². The fourth-order valence-electron chi connectivity index (χ4n) is 2.28. The molecule has 0 radical (unpaired) electrons. The van der Waals surface area contributed by atoms with Gasteiger partial charge in [0.05, 0.1) is 23.8 Å². The fourth-order valence-corrected chi connectivity index (χ4v) is 2.28. The summed E-state index contributed by atoms with van der Waals surface area (Å²) in [5.41, 5.74) is 3.49. The minimum atomic E-state index is 0.783. The molecule has 0 aliphatic carbocycles. The third kappa shape index (κ3) is 1.97. The van der Waals surface area contributed by atoms with Crippen LogP contribution in [0.1, 0.15) is 5.69 Å². The van der Waals surface area contributed by atoms with Gasteiger partial charge in [-0.2, -0.15) is 10.2 Å². The minimum Gasteiger partial charge on any atom is -0.234 e. The van der Waals surface area contributed by atoms with Crippen molar-refractivity contribution in [2.24, 2.45) is 0 Å². The highest BCUT2D eigenvalue weighted by atomic mass is 15.3. The smallest absolute Gasteiger partial charge is 0.155 e. The molecular formula is C15H12N6. The number of aryl methyl sites for hydroxylation is 1. The topological polar surface area (TPSA) is 60.9 Å². The molecule has 4 rings (SSSR count). The Labute approximate surface area is 120 Å². The summed E-state index contributed by atoms with van der Waals surface area (Å²) in [5.74, 6) is 0.783. The maximum atomic E-state index is 4.60. The summed E-state index contributed by atoms with van der Waals surface area (Å²) >= 11 is 0.